The van der Waals surface area contributed by atoms with Crippen molar-refractivity contribution >= 4 is 11.8 Å². The Morgan fingerprint density at radius 2 is 1.87 bits per heavy atom. The molecule has 2 aromatic rings. The lowest BCUT2D eigenvalue weighted by molar-refractivity contribution is -0.0316. The molecule has 4 rings (SSSR count). The number of halogens is 2. The van der Waals surface area contributed by atoms with E-state index in [9.17, 15) is 13.6 Å². The molecule has 0 radical (unpaired) electrons. The predicted octanol–water partition coefficient (Wildman–Crippen LogP) is 5.75. The third-order valence-electron chi connectivity index (χ3n) is 5.89. The summed E-state index contributed by atoms with van der Waals surface area (Å²) in [5, 5.41) is 0. The van der Waals surface area contributed by atoms with Crippen LogP contribution in [0.2, 0.25) is 0 Å². The number of nitrogens with zero attached hydrogens (tertiary/aromatic N) is 2. The molecule has 1 saturated heterocycles. The molecule has 31 heavy (non-hydrogen) atoms. The van der Waals surface area contributed by atoms with Gasteiger partial charge in [0.2, 0.25) is 0 Å². The first-order chi connectivity index (χ1) is 15.0. The number of likely N-dealkylation sites (tertiary alicyclic amines) is 1. The standard InChI is InChI=1S/C24H24F2N2O3/c1-27-20-9-7-18(8-10-20)22-13-21(30-16-19-14-24(19,25)26)11-12-28(22)23(29)31-15-17-5-3-2-4-6-17/h2-10,19,21-22H,11-16H2/t19?,21-,22-/m0/s1. The van der Waals surface area contributed by atoms with Gasteiger partial charge in [-0.1, -0.05) is 54.6 Å². The van der Waals surface area contributed by atoms with Gasteiger partial charge in [0, 0.05) is 13.0 Å². The SMILES string of the molecule is [C-]#[N+]c1ccc([C@@H]2C[C@@H](OCC3CC3(F)F)CCN2C(=O)OCc2ccccc2)cc1. The van der Waals surface area contributed by atoms with E-state index in [1.807, 2.05) is 42.5 Å². The lowest BCUT2D eigenvalue weighted by Gasteiger charge is -2.39. The van der Waals surface area contributed by atoms with Gasteiger partial charge in [-0.15, -0.1) is 0 Å². The van der Waals surface area contributed by atoms with Crippen LogP contribution in [0.15, 0.2) is 54.6 Å². The molecule has 1 amide bonds. The van der Waals surface area contributed by atoms with Crippen molar-refractivity contribution in [3.63, 3.8) is 0 Å². The Hall–Kier alpha value is -2.98. The Bertz CT molecular complexity index is 944. The maximum atomic E-state index is 13.2. The number of benzene rings is 2. The first kappa shape index (κ1) is 21.3. The van der Waals surface area contributed by atoms with Crippen LogP contribution in [0.4, 0.5) is 19.3 Å². The second-order valence-electron chi connectivity index (χ2n) is 8.09. The minimum atomic E-state index is -2.60. The quantitative estimate of drug-likeness (QED) is 0.553. The third kappa shape index (κ3) is 5.20. The number of carbonyl (C=O) groups excluding carboxylic acids is 1. The summed E-state index contributed by atoms with van der Waals surface area (Å²) in [6.07, 6.45) is 0.320. The maximum absolute atomic E-state index is 13.2. The van der Waals surface area contributed by atoms with Crippen molar-refractivity contribution in [1.29, 1.82) is 0 Å². The Balaban J connectivity index is 1.43. The Kier molecular flexibility index (Phi) is 6.19. The number of hydrogen-bond acceptors (Lipinski definition) is 3. The number of hydrogen-bond donors (Lipinski definition) is 0. The van der Waals surface area contributed by atoms with Crippen molar-refractivity contribution in [2.75, 3.05) is 13.2 Å². The van der Waals surface area contributed by atoms with Gasteiger partial charge < -0.3 is 14.4 Å². The molecule has 2 aliphatic rings. The molecule has 1 aliphatic heterocycles. The minimum absolute atomic E-state index is 0.0412. The lowest BCUT2D eigenvalue weighted by atomic mass is 9.93. The monoisotopic (exact) mass is 426 g/mol. The maximum Gasteiger partial charge on any atom is 0.410 e. The molecule has 3 atom stereocenters. The van der Waals surface area contributed by atoms with Crippen LogP contribution >= 0.6 is 0 Å². The van der Waals surface area contributed by atoms with E-state index in [1.54, 1.807) is 17.0 Å². The average Bonchev–Trinajstić information content (AvgIpc) is 3.43. The van der Waals surface area contributed by atoms with Crippen LogP contribution in [0.25, 0.3) is 4.85 Å². The summed E-state index contributed by atoms with van der Waals surface area (Å²) in [4.78, 5) is 17.9. The van der Waals surface area contributed by atoms with Gasteiger partial charge in [0.1, 0.15) is 6.61 Å². The van der Waals surface area contributed by atoms with Crippen molar-refractivity contribution in [2.24, 2.45) is 5.92 Å². The molecule has 162 valence electrons. The minimum Gasteiger partial charge on any atom is -0.445 e. The zero-order chi connectivity index (χ0) is 21.8. The average molecular weight is 426 g/mol. The molecular formula is C24H24F2N2O3. The molecule has 1 aliphatic carbocycles. The number of rotatable bonds is 6. The van der Waals surface area contributed by atoms with Gasteiger partial charge >= 0.3 is 6.09 Å². The predicted molar refractivity (Wildman–Crippen MR) is 111 cm³/mol. The van der Waals surface area contributed by atoms with Gasteiger partial charge in [0.05, 0.1) is 31.2 Å². The van der Waals surface area contributed by atoms with Crippen LogP contribution in [0.5, 0.6) is 0 Å². The molecule has 7 heteroatoms. The largest absolute Gasteiger partial charge is 0.445 e. The van der Waals surface area contributed by atoms with Crippen LogP contribution in [-0.4, -0.2) is 36.2 Å². The second-order valence-corrected chi connectivity index (χ2v) is 8.09. The molecule has 2 aromatic carbocycles. The highest BCUT2D eigenvalue weighted by molar-refractivity contribution is 5.68. The number of carbonyl (C=O) groups is 1. The fourth-order valence-electron chi connectivity index (χ4n) is 3.89. The van der Waals surface area contributed by atoms with Crippen LogP contribution < -0.4 is 0 Å². The van der Waals surface area contributed by atoms with Gasteiger partial charge in [-0.2, -0.15) is 0 Å². The van der Waals surface area contributed by atoms with E-state index in [0.717, 1.165) is 11.1 Å². The molecule has 1 unspecified atom stereocenters. The van der Waals surface area contributed by atoms with Crippen LogP contribution in [0.3, 0.4) is 0 Å². The molecule has 0 spiro atoms. The van der Waals surface area contributed by atoms with Crippen LogP contribution in [0, 0.1) is 12.5 Å². The highest BCUT2D eigenvalue weighted by atomic mass is 19.3. The molecular weight excluding hydrogens is 402 g/mol. The molecule has 5 nitrogen and oxygen atoms in total. The van der Waals surface area contributed by atoms with E-state index in [1.165, 1.54) is 0 Å². The van der Waals surface area contributed by atoms with E-state index in [0.29, 0.717) is 25.1 Å². The highest BCUT2D eigenvalue weighted by Gasteiger charge is 2.57. The van der Waals surface area contributed by atoms with Gasteiger partial charge in [-0.3, -0.25) is 0 Å². The van der Waals surface area contributed by atoms with Crippen molar-refractivity contribution in [1.82, 2.24) is 4.90 Å². The summed E-state index contributed by atoms with van der Waals surface area (Å²) in [6.45, 7) is 7.76. The van der Waals surface area contributed by atoms with Gasteiger partial charge in [-0.25, -0.2) is 18.4 Å². The Morgan fingerprint density at radius 3 is 2.52 bits per heavy atom. The summed E-state index contributed by atoms with van der Waals surface area (Å²) in [5.74, 6) is -3.30. The van der Waals surface area contributed by atoms with E-state index in [4.69, 9.17) is 16.0 Å². The van der Waals surface area contributed by atoms with Crippen molar-refractivity contribution in [3.8, 4) is 0 Å². The lowest BCUT2D eigenvalue weighted by Crippen LogP contribution is -2.43. The molecule has 1 heterocycles. The van der Waals surface area contributed by atoms with Crippen molar-refractivity contribution < 1.29 is 23.0 Å². The third-order valence-corrected chi connectivity index (χ3v) is 5.89. The van der Waals surface area contributed by atoms with E-state index < -0.39 is 17.9 Å². The first-order valence-electron chi connectivity index (χ1n) is 10.4. The zero-order valence-electron chi connectivity index (χ0n) is 17.0. The number of alkyl halides is 2. The molecule has 1 saturated carbocycles. The molecule has 0 aromatic heterocycles. The summed E-state index contributed by atoms with van der Waals surface area (Å²) in [6, 6.07) is 16.2. The van der Waals surface area contributed by atoms with Crippen molar-refractivity contribution in [3.05, 3.63) is 77.1 Å². The summed E-state index contributed by atoms with van der Waals surface area (Å²) in [5.41, 5.74) is 2.29. The number of amides is 1. The fraction of sp³-hybridized carbons (Fsp3) is 0.417. The molecule has 2 fully saturated rings. The Labute approximate surface area is 180 Å². The van der Waals surface area contributed by atoms with Crippen molar-refractivity contribution in [2.45, 2.75) is 43.9 Å². The summed E-state index contributed by atoms with van der Waals surface area (Å²) >= 11 is 0. The Morgan fingerprint density at radius 1 is 1.16 bits per heavy atom. The number of ether oxygens (including phenoxy) is 2. The topological polar surface area (TPSA) is 43.1 Å². The molecule has 0 bridgehead atoms. The van der Waals surface area contributed by atoms with E-state index >= 15 is 0 Å². The van der Waals surface area contributed by atoms with Gasteiger partial charge in [0.15, 0.2) is 5.69 Å². The van der Waals surface area contributed by atoms with Gasteiger partial charge in [-0.05, 0) is 24.0 Å². The van der Waals surface area contributed by atoms with E-state index in [2.05, 4.69) is 4.85 Å². The van der Waals surface area contributed by atoms with E-state index in [-0.39, 0.29) is 31.8 Å². The summed E-state index contributed by atoms with van der Waals surface area (Å²) < 4.78 is 37.7. The first-order valence-corrected chi connectivity index (χ1v) is 10.4. The normalized spacial score (nSPS) is 24.3. The fourth-order valence-corrected chi connectivity index (χ4v) is 3.89. The second kappa shape index (κ2) is 9.03. The van der Waals surface area contributed by atoms with Crippen LogP contribution in [0.1, 0.15) is 36.4 Å². The van der Waals surface area contributed by atoms with Crippen LogP contribution in [-0.2, 0) is 16.1 Å². The summed E-state index contributed by atoms with van der Waals surface area (Å²) in [7, 11) is 0. The molecule has 0 N–H and O–H groups in total. The number of piperidine rings is 1. The smallest absolute Gasteiger partial charge is 0.410 e. The van der Waals surface area contributed by atoms with Gasteiger partial charge in [0.25, 0.3) is 5.92 Å². The highest BCUT2D eigenvalue weighted by Crippen LogP contribution is 2.49. The zero-order valence-corrected chi connectivity index (χ0v) is 17.0.